The minimum absolute atomic E-state index is 0.0890. The molecule has 1 atom stereocenters. The van der Waals surface area contributed by atoms with Crippen LogP contribution in [0.5, 0.6) is 0 Å². The minimum Gasteiger partial charge on any atom is -0.478 e. The summed E-state index contributed by atoms with van der Waals surface area (Å²) in [6.45, 7) is 2.04. The van der Waals surface area contributed by atoms with Crippen LogP contribution in [0.25, 0.3) is 0 Å². The van der Waals surface area contributed by atoms with Crippen LogP contribution in [0.4, 0.5) is 10.5 Å². The third kappa shape index (κ3) is 4.63. The van der Waals surface area contributed by atoms with E-state index in [0.29, 0.717) is 5.69 Å². The molecule has 0 radical (unpaired) electrons. The van der Waals surface area contributed by atoms with Crippen LogP contribution in [-0.4, -0.2) is 23.1 Å². The lowest BCUT2D eigenvalue weighted by Gasteiger charge is -2.17. The van der Waals surface area contributed by atoms with Crippen LogP contribution in [0.3, 0.4) is 0 Å². The smallest absolute Gasteiger partial charge is 0.335 e. The molecule has 0 heterocycles. The van der Waals surface area contributed by atoms with Crippen molar-refractivity contribution in [3.63, 3.8) is 0 Å². The monoisotopic (exact) mass is 310 g/mol. The Morgan fingerprint density at radius 1 is 1.43 bits per heavy atom. The second-order valence-electron chi connectivity index (χ2n) is 5.38. The van der Waals surface area contributed by atoms with Crippen LogP contribution in [0.2, 0.25) is 5.02 Å². The summed E-state index contributed by atoms with van der Waals surface area (Å²) in [6, 6.07) is 4.07. The Balaban J connectivity index is 1.93. The molecular weight excluding hydrogens is 292 g/mol. The number of benzene rings is 1. The van der Waals surface area contributed by atoms with Crippen molar-refractivity contribution in [1.29, 1.82) is 0 Å². The molecule has 2 amide bonds. The quantitative estimate of drug-likeness (QED) is 0.749. The summed E-state index contributed by atoms with van der Waals surface area (Å²) in [4.78, 5) is 22.8. The number of carbonyl (C=O) groups excluding carboxylic acids is 1. The SMILES string of the molecule is CCC(CC1CC1)NC(=O)Nc1ccc(C(=O)O)cc1Cl. The summed E-state index contributed by atoms with van der Waals surface area (Å²) in [7, 11) is 0. The van der Waals surface area contributed by atoms with E-state index in [1.807, 2.05) is 6.92 Å². The van der Waals surface area contributed by atoms with Crippen LogP contribution in [0.1, 0.15) is 43.0 Å². The van der Waals surface area contributed by atoms with Gasteiger partial charge in [-0.25, -0.2) is 9.59 Å². The summed E-state index contributed by atoms with van der Waals surface area (Å²) in [5.74, 6) is -0.308. The van der Waals surface area contributed by atoms with E-state index >= 15 is 0 Å². The van der Waals surface area contributed by atoms with Gasteiger partial charge in [0.25, 0.3) is 0 Å². The number of anilines is 1. The lowest BCUT2D eigenvalue weighted by molar-refractivity contribution is 0.0697. The van der Waals surface area contributed by atoms with Crippen molar-refractivity contribution in [1.82, 2.24) is 5.32 Å². The number of urea groups is 1. The molecule has 1 aliphatic carbocycles. The van der Waals surface area contributed by atoms with Gasteiger partial charge in [0.05, 0.1) is 16.3 Å². The number of nitrogens with one attached hydrogen (secondary N) is 2. The predicted molar refractivity (Wildman–Crippen MR) is 82.0 cm³/mol. The Labute approximate surface area is 128 Å². The first-order valence-electron chi connectivity index (χ1n) is 7.10. The molecule has 1 unspecified atom stereocenters. The van der Waals surface area contributed by atoms with Crippen molar-refractivity contribution in [2.45, 2.75) is 38.6 Å². The van der Waals surface area contributed by atoms with Crippen LogP contribution in [0, 0.1) is 5.92 Å². The number of hydrogen-bond donors (Lipinski definition) is 3. The van der Waals surface area contributed by atoms with E-state index in [1.165, 1.54) is 31.0 Å². The number of carboxylic acid groups (broad SMARTS) is 1. The maximum absolute atomic E-state index is 12.0. The van der Waals surface area contributed by atoms with Gasteiger partial charge in [-0.05, 0) is 37.0 Å². The Kier molecular flexibility index (Phi) is 5.07. The number of aromatic carboxylic acids is 1. The van der Waals surface area contributed by atoms with Gasteiger partial charge in [-0.1, -0.05) is 31.4 Å². The maximum Gasteiger partial charge on any atom is 0.335 e. The zero-order chi connectivity index (χ0) is 15.4. The lowest BCUT2D eigenvalue weighted by Crippen LogP contribution is -2.38. The largest absolute Gasteiger partial charge is 0.478 e. The molecule has 21 heavy (non-hydrogen) atoms. The molecule has 0 bridgehead atoms. The molecule has 0 aliphatic heterocycles. The number of carboxylic acids is 1. The van der Waals surface area contributed by atoms with E-state index in [9.17, 15) is 9.59 Å². The molecule has 1 aromatic rings. The maximum atomic E-state index is 12.0. The Hall–Kier alpha value is -1.75. The molecule has 0 aromatic heterocycles. The van der Waals surface area contributed by atoms with Crippen molar-refractivity contribution in [2.24, 2.45) is 5.92 Å². The van der Waals surface area contributed by atoms with Gasteiger partial charge in [0.1, 0.15) is 0 Å². The van der Waals surface area contributed by atoms with Gasteiger partial charge in [-0.3, -0.25) is 0 Å². The molecule has 1 aliphatic rings. The van der Waals surface area contributed by atoms with Crippen molar-refractivity contribution in [2.75, 3.05) is 5.32 Å². The molecule has 0 saturated heterocycles. The second kappa shape index (κ2) is 6.80. The third-order valence-electron chi connectivity index (χ3n) is 3.61. The first-order valence-corrected chi connectivity index (χ1v) is 7.47. The first-order chi connectivity index (χ1) is 9.99. The van der Waals surface area contributed by atoms with Crippen molar-refractivity contribution >= 4 is 29.3 Å². The Morgan fingerprint density at radius 3 is 2.67 bits per heavy atom. The van der Waals surface area contributed by atoms with E-state index in [0.717, 1.165) is 18.8 Å². The van der Waals surface area contributed by atoms with Gasteiger partial charge in [-0.15, -0.1) is 0 Å². The topological polar surface area (TPSA) is 78.4 Å². The van der Waals surface area contributed by atoms with E-state index in [2.05, 4.69) is 10.6 Å². The third-order valence-corrected chi connectivity index (χ3v) is 3.92. The Morgan fingerprint density at radius 2 is 2.14 bits per heavy atom. The molecule has 0 spiro atoms. The van der Waals surface area contributed by atoms with Gasteiger partial charge in [-0.2, -0.15) is 0 Å². The summed E-state index contributed by atoms with van der Waals surface area (Å²) in [5, 5.41) is 14.7. The van der Waals surface area contributed by atoms with Gasteiger partial charge in [0.15, 0.2) is 0 Å². The second-order valence-corrected chi connectivity index (χ2v) is 5.79. The van der Waals surface area contributed by atoms with Crippen molar-refractivity contribution < 1.29 is 14.7 Å². The standard InChI is InChI=1S/C15H19ClN2O3/c1-2-11(7-9-3-4-9)17-15(21)18-13-6-5-10(14(19)20)8-12(13)16/h5-6,8-9,11H,2-4,7H2,1H3,(H,19,20)(H2,17,18,21). The normalized spacial score (nSPS) is 15.3. The number of amides is 2. The van der Waals surface area contributed by atoms with Crippen LogP contribution < -0.4 is 10.6 Å². The molecule has 2 rings (SSSR count). The fourth-order valence-electron chi connectivity index (χ4n) is 2.18. The van der Waals surface area contributed by atoms with E-state index in [4.69, 9.17) is 16.7 Å². The molecular formula is C15H19ClN2O3. The average Bonchev–Trinajstić information content (AvgIpc) is 3.24. The highest BCUT2D eigenvalue weighted by atomic mass is 35.5. The molecule has 1 aromatic carbocycles. The summed E-state index contributed by atoms with van der Waals surface area (Å²) in [6.07, 6.45) is 4.40. The van der Waals surface area contributed by atoms with Crippen LogP contribution in [-0.2, 0) is 0 Å². The predicted octanol–water partition coefficient (Wildman–Crippen LogP) is 3.74. The molecule has 1 fully saturated rings. The van der Waals surface area contributed by atoms with Gasteiger partial charge >= 0.3 is 12.0 Å². The summed E-state index contributed by atoms with van der Waals surface area (Å²) in [5.41, 5.74) is 0.492. The lowest BCUT2D eigenvalue weighted by atomic mass is 10.1. The fraction of sp³-hybridized carbons (Fsp3) is 0.467. The van der Waals surface area contributed by atoms with Crippen molar-refractivity contribution in [3.8, 4) is 0 Å². The number of carbonyl (C=O) groups is 2. The van der Waals surface area contributed by atoms with E-state index < -0.39 is 5.97 Å². The summed E-state index contributed by atoms with van der Waals surface area (Å²) >= 11 is 5.98. The highest BCUT2D eigenvalue weighted by Gasteiger charge is 2.25. The molecule has 5 nitrogen and oxygen atoms in total. The molecule has 1 saturated carbocycles. The molecule has 114 valence electrons. The zero-order valence-corrected chi connectivity index (χ0v) is 12.6. The summed E-state index contributed by atoms with van der Waals surface area (Å²) < 4.78 is 0. The molecule has 3 N–H and O–H groups in total. The molecule has 6 heteroatoms. The van der Waals surface area contributed by atoms with Gasteiger partial charge in [0.2, 0.25) is 0 Å². The minimum atomic E-state index is -1.05. The highest BCUT2D eigenvalue weighted by Crippen LogP contribution is 2.34. The van der Waals surface area contributed by atoms with Crippen molar-refractivity contribution in [3.05, 3.63) is 28.8 Å². The average molecular weight is 311 g/mol. The van der Waals surface area contributed by atoms with Gasteiger partial charge in [0, 0.05) is 6.04 Å². The van der Waals surface area contributed by atoms with E-state index in [1.54, 1.807) is 0 Å². The number of halogens is 1. The first kappa shape index (κ1) is 15.6. The van der Waals surface area contributed by atoms with Crippen LogP contribution >= 0.6 is 11.6 Å². The fourth-order valence-corrected chi connectivity index (χ4v) is 2.40. The number of rotatable bonds is 6. The van der Waals surface area contributed by atoms with E-state index in [-0.39, 0.29) is 22.7 Å². The van der Waals surface area contributed by atoms with Crippen LogP contribution in [0.15, 0.2) is 18.2 Å². The highest BCUT2D eigenvalue weighted by molar-refractivity contribution is 6.34. The number of hydrogen-bond acceptors (Lipinski definition) is 2. The Bertz CT molecular complexity index is 544. The zero-order valence-electron chi connectivity index (χ0n) is 11.9. The van der Waals surface area contributed by atoms with Gasteiger partial charge < -0.3 is 15.7 Å².